The van der Waals surface area contributed by atoms with Gasteiger partial charge in [0.05, 0.1) is 15.9 Å². The summed E-state index contributed by atoms with van der Waals surface area (Å²) in [5.41, 5.74) is 3.23. The molecule has 0 bridgehead atoms. The van der Waals surface area contributed by atoms with E-state index in [9.17, 15) is 0 Å². The van der Waals surface area contributed by atoms with Gasteiger partial charge in [0.25, 0.3) is 0 Å². The van der Waals surface area contributed by atoms with Gasteiger partial charge in [-0.15, -0.1) is 11.3 Å². The van der Waals surface area contributed by atoms with Crippen LogP contribution in [0.4, 0.5) is 0 Å². The number of aryl methyl sites for hydroxylation is 1. The van der Waals surface area contributed by atoms with Crippen molar-refractivity contribution >= 4 is 22.4 Å². The van der Waals surface area contributed by atoms with Gasteiger partial charge in [-0.2, -0.15) is 0 Å². The summed E-state index contributed by atoms with van der Waals surface area (Å²) in [7, 11) is 0. The normalized spacial score (nSPS) is 13.8. The molecule has 0 fully saturated rings. The number of ether oxygens (including phenoxy) is 2. The van der Waals surface area contributed by atoms with Crippen molar-refractivity contribution in [1.82, 2.24) is 9.97 Å². The first-order valence-electron chi connectivity index (χ1n) is 6.71. The maximum absolute atomic E-state index is 5.61. The molecule has 0 spiro atoms. The van der Waals surface area contributed by atoms with Gasteiger partial charge >= 0.3 is 0 Å². The van der Waals surface area contributed by atoms with E-state index in [0.717, 1.165) is 34.8 Å². The third kappa shape index (κ3) is 1.78. The maximum Gasteiger partial charge on any atom is 0.163 e. The molecule has 0 radical (unpaired) electrons. The zero-order valence-electron chi connectivity index (χ0n) is 11.1. The van der Waals surface area contributed by atoms with E-state index in [2.05, 4.69) is 23.4 Å². The van der Waals surface area contributed by atoms with Crippen LogP contribution in [0.3, 0.4) is 0 Å². The third-order valence-electron chi connectivity index (χ3n) is 3.49. The molecule has 4 nitrogen and oxygen atoms in total. The Balaban J connectivity index is 1.86. The summed E-state index contributed by atoms with van der Waals surface area (Å²) in [6.45, 7) is 3.36. The molecule has 1 aliphatic rings. The van der Waals surface area contributed by atoms with Gasteiger partial charge in [0.15, 0.2) is 11.5 Å². The average Bonchev–Trinajstić information content (AvgIpc) is 3.10. The quantitative estimate of drug-likeness (QED) is 0.782. The van der Waals surface area contributed by atoms with E-state index in [1.165, 1.54) is 10.4 Å². The number of hydrogen-bond acceptors (Lipinski definition) is 4. The molecule has 1 aliphatic heterocycles. The predicted molar refractivity (Wildman–Crippen MR) is 79.8 cm³/mol. The fourth-order valence-corrected chi connectivity index (χ4v) is 3.42. The van der Waals surface area contributed by atoms with E-state index >= 15 is 0 Å². The van der Waals surface area contributed by atoms with Crippen LogP contribution in [0.15, 0.2) is 23.6 Å². The molecule has 1 N–H and O–H groups in total. The number of thiophene rings is 1. The molecular weight excluding hydrogens is 272 g/mol. The van der Waals surface area contributed by atoms with Gasteiger partial charge in [-0.05, 0) is 23.4 Å². The maximum atomic E-state index is 5.61. The SMILES string of the molecule is CCc1ccsc1-c1nc2cc3c(cc2[nH]1)OCCO3. The Bertz CT molecular complexity index is 732. The summed E-state index contributed by atoms with van der Waals surface area (Å²) < 4.78 is 11.2. The number of aromatic nitrogens is 2. The van der Waals surface area contributed by atoms with Gasteiger partial charge in [-0.25, -0.2) is 4.98 Å². The summed E-state index contributed by atoms with van der Waals surface area (Å²) in [5.74, 6) is 2.50. The number of benzene rings is 1. The minimum atomic E-state index is 0.598. The van der Waals surface area contributed by atoms with Crippen molar-refractivity contribution in [2.75, 3.05) is 13.2 Å². The van der Waals surface area contributed by atoms with Crippen LogP contribution < -0.4 is 9.47 Å². The van der Waals surface area contributed by atoms with Crippen molar-refractivity contribution in [1.29, 1.82) is 0 Å². The van der Waals surface area contributed by atoms with E-state index in [-0.39, 0.29) is 0 Å². The van der Waals surface area contributed by atoms with Gasteiger partial charge < -0.3 is 14.5 Å². The fraction of sp³-hybridized carbons (Fsp3) is 0.267. The van der Waals surface area contributed by atoms with E-state index in [4.69, 9.17) is 14.5 Å². The molecule has 0 saturated carbocycles. The second-order valence-electron chi connectivity index (χ2n) is 4.73. The Morgan fingerprint density at radius 1 is 1.25 bits per heavy atom. The predicted octanol–water partition coefficient (Wildman–Crippen LogP) is 3.63. The number of imidazole rings is 1. The summed E-state index contributed by atoms with van der Waals surface area (Å²) in [6.07, 6.45) is 1.01. The molecule has 5 heteroatoms. The molecule has 2 aromatic heterocycles. The molecule has 102 valence electrons. The molecule has 20 heavy (non-hydrogen) atoms. The van der Waals surface area contributed by atoms with Crippen LogP contribution >= 0.6 is 11.3 Å². The Morgan fingerprint density at radius 2 is 2.05 bits per heavy atom. The summed E-state index contributed by atoms with van der Waals surface area (Å²) in [4.78, 5) is 9.29. The average molecular weight is 286 g/mol. The van der Waals surface area contributed by atoms with Crippen LogP contribution in [0.5, 0.6) is 11.5 Å². The topological polar surface area (TPSA) is 47.1 Å². The van der Waals surface area contributed by atoms with Crippen LogP contribution in [0.25, 0.3) is 21.7 Å². The second kappa shape index (κ2) is 4.52. The number of nitrogens with zero attached hydrogens (tertiary/aromatic N) is 1. The molecule has 0 unspecified atom stereocenters. The lowest BCUT2D eigenvalue weighted by atomic mass is 10.2. The molecule has 0 atom stereocenters. The van der Waals surface area contributed by atoms with Gasteiger partial charge in [-0.1, -0.05) is 6.92 Å². The van der Waals surface area contributed by atoms with Gasteiger partial charge in [0, 0.05) is 12.1 Å². The van der Waals surface area contributed by atoms with Crippen molar-refractivity contribution in [2.45, 2.75) is 13.3 Å². The number of nitrogens with one attached hydrogen (secondary N) is 1. The Hall–Kier alpha value is -2.01. The van der Waals surface area contributed by atoms with E-state index in [1.807, 2.05) is 12.1 Å². The van der Waals surface area contributed by atoms with Crippen LogP contribution in [-0.4, -0.2) is 23.2 Å². The fourth-order valence-electron chi connectivity index (χ4n) is 2.48. The highest BCUT2D eigenvalue weighted by molar-refractivity contribution is 7.13. The smallest absolute Gasteiger partial charge is 0.163 e. The minimum absolute atomic E-state index is 0.598. The Labute approximate surface area is 120 Å². The van der Waals surface area contributed by atoms with Gasteiger partial charge in [-0.3, -0.25) is 0 Å². The number of fused-ring (bicyclic) bond motifs is 2. The van der Waals surface area contributed by atoms with Crippen LogP contribution in [0.2, 0.25) is 0 Å². The zero-order chi connectivity index (χ0) is 13.5. The number of rotatable bonds is 2. The monoisotopic (exact) mass is 286 g/mol. The standard InChI is InChI=1S/C15H14N2O2S/c1-2-9-3-6-20-14(9)15-16-10-7-12-13(8-11(10)17-15)19-5-4-18-12/h3,6-8H,2,4-5H2,1H3,(H,16,17). The summed E-state index contributed by atoms with van der Waals surface area (Å²) in [5, 5.41) is 2.11. The molecule has 1 aromatic carbocycles. The van der Waals surface area contributed by atoms with Crippen molar-refractivity contribution in [2.24, 2.45) is 0 Å². The van der Waals surface area contributed by atoms with E-state index in [1.54, 1.807) is 11.3 Å². The largest absolute Gasteiger partial charge is 0.486 e. The highest BCUT2D eigenvalue weighted by atomic mass is 32.1. The molecule has 4 rings (SSSR count). The Morgan fingerprint density at radius 3 is 2.85 bits per heavy atom. The first-order valence-corrected chi connectivity index (χ1v) is 7.59. The van der Waals surface area contributed by atoms with E-state index in [0.29, 0.717) is 13.2 Å². The highest BCUT2D eigenvalue weighted by Crippen LogP contribution is 2.36. The third-order valence-corrected chi connectivity index (χ3v) is 4.45. The lowest BCUT2D eigenvalue weighted by Crippen LogP contribution is -2.15. The molecular formula is C15H14N2O2S. The number of aromatic amines is 1. The second-order valence-corrected chi connectivity index (χ2v) is 5.64. The van der Waals surface area contributed by atoms with Gasteiger partial charge in [0.1, 0.15) is 19.0 Å². The van der Waals surface area contributed by atoms with Crippen LogP contribution in [-0.2, 0) is 6.42 Å². The number of H-pyrrole nitrogens is 1. The van der Waals surface area contributed by atoms with Crippen molar-refractivity contribution in [3.8, 4) is 22.2 Å². The first-order chi connectivity index (χ1) is 9.85. The summed E-state index contributed by atoms with van der Waals surface area (Å²) >= 11 is 1.72. The van der Waals surface area contributed by atoms with Crippen molar-refractivity contribution < 1.29 is 9.47 Å². The van der Waals surface area contributed by atoms with Crippen molar-refractivity contribution in [3.63, 3.8) is 0 Å². The highest BCUT2D eigenvalue weighted by Gasteiger charge is 2.16. The zero-order valence-corrected chi connectivity index (χ0v) is 11.9. The summed E-state index contributed by atoms with van der Waals surface area (Å²) in [6, 6.07) is 6.08. The minimum Gasteiger partial charge on any atom is -0.486 e. The molecule has 3 heterocycles. The van der Waals surface area contributed by atoms with Crippen LogP contribution in [0.1, 0.15) is 12.5 Å². The van der Waals surface area contributed by atoms with Gasteiger partial charge in [0.2, 0.25) is 0 Å². The molecule has 0 saturated heterocycles. The molecule has 0 aliphatic carbocycles. The lowest BCUT2D eigenvalue weighted by molar-refractivity contribution is 0.172. The molecule has 3 aromatic rings. The Kier molecular flexibility index (Phi) is 2.67. The molecule has 0 amide bonds. The van der Waals surface area contributed by atoms with Crippen LogP contribution in [0, 0.1) is 0 Å². The van der Waals surface area contributed by atoms with E-state index < -0.39 is 0 Å². The van der Waals surface area contributed by atoms with Crippen molar-refractivity contribution in [3.05, 3.63) is 29.1 Å². The first kappa shape index (κ1) is 11.8. The number of hydrogen-bond donors (Lipinski definition) is 1. The lowest BCUT2D eigenvalue weighted by Gasteiger charge is -2.17.